The zero-order chi connectivity index (χ0) is 23.4. The molecular formula is C24H22N6O3. The smallest absolute Gasteiger partial charge is 0.298 e. The Kier molecular flexibility index (Phi) is 6.23. The van der Waals surface area contributed by atoms with Crippen LogP contribution in [0, 0.1) is 23.7 Å². The first-order valence-electron chi connectivity index (χ1n) is 10.6. The number of rotatable bonds is 6. The molecule has 3 aromatic heterocycles. The molecule has 0 atom stereocenters. The average molecular weight is 442 g/mol. The second-order valence-electron chi connectivity index (χ2n) is 7.56. The van der Waals surface area contributed by atoms with Crippen LogP contribution >= 0.6 is 0 Å². The molecule has 0 bridgehead atoms. The van der Waals surface area contributed by atoms with E-state index in [2.05, 4.69) is 27.0 Å². The zero-order valence-electron chi connectivity index (χ0n) is 18.2. The largest absolute Gasteiger partial charge is 0.484 e. The van der Waals surface area contributed by atoms with E-state index in [1.54, 1.807) is 34.8 Å². The molecule has 3 aromatic rings. The lowest BCUT2D eigenvalue weighted by molar-refractivity contribution is -0.125. The summed E-state index contributed by atoms with van der Waals surface area (Å²) in [5, 5.41) is 13.8. The highest BCUT2D eigenvalue weighted by atomic mass is 16.5. The summed E-state index contributed by atoms with van der Waals surface area (Å²) in [4.78, 5) is 31.7. The number of ether oxygens (including phenoxy) is 1. The van der Waals surface area contributed by atoms with Gasteiger partial charge in [-0.2, -0.15) is 10.4 Å². The number of aromatic nitrogens is 3. The normalized spacial score (nSPS) is 13.4. The van der Waals surface area contributed by atoms with Crippen LogP contribution in [-0.4, -0.2) is 64.0 Å². The monoisotopic (exact) mass is 442 g/mol. The van der Waals surface area contributed by atoms with Gasteiger partial charge in [-0.25, -0.2) is 9.50 Å². The second kappa shape index (κ2) is 9.41. The predicted molar refractivity (Wildman–Crippen MR) is 122 cm³/mol. The lowest BCUT2D eigenvalue weighted by atomic mass is 10.1. The summed E-state index contributed by atoms with van der Waals surface area (Å²) in [6.45, 7) is 4.13. The Labute approximate surface area is 191 Å². The van der Waals surface area contributed by atoms with E-state index >= 15 is 0 Å². The highest BCUT2D eigenvalue weighted by Crippen LogP contribution is 2.31. The Morgan fingerprint density at radius 3 is 2.64 bits per heavy atom. The molecular weight excluding hydrogens is 420 g/mol. The number of anilines is 1. The van der Waals surface area contributed by atoms with Gasteiger partial charge in [0.1, 0.15) is 24.2 Å². The number of Topliss-reactive ketones (excluding diaryl/α,β-unsaturated/α-hetero) is 1. The molecule has 1 amide bonds. The van der Waals surface area contributed by atoms with Gasteiger partial charge in [-0.1, -0.05) is 6.92 Å². The van der Waals surface area contributed by atoms with Gasteiger partial charge < -0.3 is 14.5 Å². The summed E-state index contributed by atoms with van der Waals surface area (Å²) in [7, 11) is 0. The number of pyridine rings is 2. The first kappa shape index (κ1) is 21.8. The van der Waals surface area contributed by atoms with Crippen molar-refractivity contribution in [1.29, 1.82) is 5.26 Å². The summed E-state index contributed by atoms with van der Waals surface area (Å²) in [5.41, 5.74) is 2.59. The third kappa shape index (κ3) is 4.48. The van der Waals surface area contributed by atoms with Gasteiger partial charge in [0.15, 0.2) is 5.78 Å². The van der Waals surface area contributed by atoms with Crippen molar-refractivity contribution in [3.05, 3.63) is 42.4 Å². The lowest BCUT2D eigenvalue weighted by Gasteiger charge is -2.34. The molecule has 0 aliphatic carbocycles. The van der Waals surface area contributed by atoms with Crippen LogP contribution in [-0.2, 0) is 9.59 Å². The molecule has 33 heavy (non-hydrogen) atoms. The van der Waals surface area contributed by atoms with E-state index in [1.165, 1.54) is 6.20 Å². The first-order valence-corrected chi connectivity index (χ1v) is 10.6. The summed E-state index contributed by atoms with van der Waals surface area (Å²) >= 11 is 0. The Morgan fingerprint density at radius 1 is 1.21 bits per heavy atom. The van der Waals surface area contributed by atoms with Gasteiger partial charge in [0.2, 0.25) is 0 Å². The number of nitriles is 1. The zero-order valence-corrected chi connectivity index (χ0v) is 18.2. The quantitative estimate of drug-likeness (QED) is 0.537. The fourth-order valence-corrected chi connectivity index (χ4v) is 3.71. The highest BCUT2D eigenvalue weighted by Gasteiger charge is 2.21. The van der Waals surface area contributed by atoms with E-state index in [4.69, 9.17) is 11.2 Å². The molecule has 1 aliphatic rings. The van der Waals surface area contributed by atoms with E-state index in [9.17, 15) is 14.9 Å². The Bertz CT molecular complexity index is 1270. The molecule has 4 heterocycles. The molecule has 1 aliphatic heterocycles. The molecule has 1 saturated heterocycles. The molecule has 1 fully saturated rings. The maximum Gasteiger partial charge on any atom is 0.298 e. The number of ketones is 1. The fourth-order valence-electron chi connectivity index (χ4n) is 3.71. The van der Waals surface area contributed by atoms with E-state index in [1.807, 2.05) is 12.1 Å². The average Bonchev–Trinajstić information content (AvgIpc) is 3.29. The minimum atomic E-state index is -0.293. The summed E-state index contributed by atoms with van der Waals surface area (Å²) < 4.78 is 7.24. The van der Waals surface area contributed by atoms with Crippen molar-refractivity contribution in [2.45, 2.75) is 13.3 Å². The van der Waals surface area contributed by atoms with Crippen molar-refractivity contribution >= 4 is 23.0 Å². The fraction of sp³-hybridized carbons (Fsp3) is 0.292. The Balaban J connectivity index is 1.61. The molecule has 0 saturated carbocycles. The Morgan fingerprint density at radius 2 is 2.00 bits per heavy atom. The van der Waals surface area contributed by atoms with Crippen LogP contribution in [0.3, 0.4) is 0 Å². The number of terminal acetylenes is 1. The van der Waals surface area contributed by atoms with Gasteiger partial charge in [0.25, 0.3) is 5.91 Å². The van der Waals surface area contributed by atoms with E-state index in [-0.39, 0.29) is 18.3 Å². The Hall–Kier alpha value is -4.37. The lowest BCUT2D eigenvalue weighted by Crippen LogP contribution is -2.48. The molecule has 9 heteroatoms. The number of hydrogen-bond donors (Lipinski definition) is 0. The summed E-state index contributed by atoms with van der Waals surface area (Å²) in [5.74, 6) is 3.12. The molecule has 4 rings (SSSR count). The van der Waals surface area contributed by atoms with Gasteiger partial charge in [-0.15, -0.1) is 6.42 Å². The van der Waals surface area contributed by atoms with E-state index in [0.29, 0.717) is 49.4 Å². The SMILES string of the molecule is C#CC(=O)N1CCN(c2ccc(-c3cc(OCC(=O)CC)cn4ncc(C#N)c34)cn2)CC1. The van der Waals surface area contributed by atoms with Crippen LogP contribution in [0.1, 0.15) is 18.9 Å². The molecule has 0 N–H and O–H groups in total. The number of nitrogens with zero attached hydrogens (tertiary/aromatic N) is 6. The number of carbonyl (C=O) groups is 2. The maximum absolute atomic E-state index is 11.7. The first-order chi connectivity index (χ1) is 16.0. The predicted octanol–water partition coefficient (Wildman–Crippen LogP) is 1.91. The van der Waals surface area contributed by atoms with Crippen LogP contribution in [0.5, 0.6) is 5.75 Å². The third-order valence-corrected chi connectivity index (χ3v) is 5.57. The van der Waals surface area contributed by atoms with Gasteiger partial charge in [-0.05, 0) is 24.1 Å². The van der Waals surface area contributed by atoms with Crippen molar-refractivity contribution in [3.8, 4) is 35.3 Å². The molecule has 0 unspecified atom stereocenters. The number of piperazine rings is 1. The van der Waals surface area contributed by atoms with E-state index in [0.717, 1.165) is 16.9 Å². The van der Waals surface area contributed by atoms with Crippen molar-refractivity contribution in [1.82, 2.24) is 19.5 Å². The van der Waals surface area contributed by atoms with E-state index < -0.39 is 0 Å². The third-order valence-electron chi connectivity index (χ3n) is 5.57. The second-order valence-corrected chi connectivity index (χ2v) is 7.56. The minimum Gasteiger partial charge on any atom is -0.484 e. The van der Waals surface area contributed by atoms with Crippen LogP contribution in [0.2, 0.25) is 0 Å². The number of fused-ring (bicyclic) bond motifs is 1. The standard InChI is InChI=1S/C24H22N6O3/c1-3-19(31)16-33-20-11-21(24-18(12-25)14-27-30(24)15-20)17-5-6-22(26-13-17)28-7-9-29(10-8-28)23(32)4-2/h2,5-6,11,13-15H,3,7-10,16H2,1H3. The van der Waals surface area contributed by atoms with Crippen molar-refractivity contribution in [2.24, 2.45) is 0 Å². The summed E-state index contributed by atoms with van der Waals surface area (Å²) in [6, 6.07) is 7.79. The molecule has 166 valence electrons. The van der Waals surface area contributed by atoms with Gasteiger partial charge in [0.05, 0.1) is 23.5 Å². The number of carbonyl (C=O) groups excluding carboxylic acids is 2. The van der Waals surface area contributed by atoms with Gasteiger partial charge in [0, 0.05) is 49.9 Å². The van der Waals surface area contributed by atoms with Crippen molar-refractivity contribution in [3.63, 3.8) is 0 Å². The number of hydrogen-bond acceptors (Lipinski definition) is 7. The van der Waals surface area contributed by atoms with Crippen LogP contribution in [0.15, 0.2) is 36.8 Å². The number of amides is 1. The molecule has 0 spiro atoms. The topological polar surface area (TPSA) is 104 Å². The van der Waals surface area contributed by atoms with Gasteiger partial charge >= 0.3 is 0 Å². The van der Waals surface area contributed by atoms with Crippen LogP contribution in [0.25, 0.3) is 16.6 Å². The maximum atomic E-state index is 11.7. The summed E-state index contributed by atoms with van der Waals surface area (Å²) in [6.07, 6.45) is 10.5. The molecule has 0 radical (unpaired) electrons. The van der Waals surface area contributed by atoms with Crippen molar-refractivity contribution in [2.75, 3.05) is 37.7 Å². The molecule has 0 aromatic carbocycles. The van der Waals surface area contributed by atoms with Crippen molar-refractivity contribution < 1.29 is 14.3 Å². The molecule has 9 nitrogen and oxygen atoms in total. The highest BCUT2D eigenvalue weighted by molar-refractivity contribution is 5.93. The van der Waals surface area contributed by atoms with Gasteiger partial charge in [-0.3, -0.25) is 9.59 Å². The van der Waals surface area contributed by atoms with Crippen LogP contribution < -0.4 is 9.64 Å². The van der Waals surface area contributed by atoms with Crippen LogP contribution in [0.4, 0.5) is 5.82 Å². The minimum absolute atomic E-state index is 0.00936.